The van der Waals surface area contributed by atoms with Gasteiger partial charge in [-0.15, -0.1) is 0 Å². The van der Waals surface area contributed by atoms with Gasteiger partial charge in [0.1, 0.15) is 5.75 Å². The van der Waals surface area contributed by atoms with Gasteiger partial charge in [0, 0.05) is 11.3 Å². The molecule has 0 aliphatic rings. The first-order valence-corrected chi connectivity index (χ1v) is 9.00. The lowest BCUT2D eigenvalue weighted by molar-refractivity contribution is 0.102. The summed E-state index contributed by atoms with van der Waals surface area (Å²) in [6, 6.07) is 13.5. The summed E-state index contributed by atoms with van der Waals surface area (Å²) in [6.45, 7) is 12.5. The molecule has 0 radical (unpaired) electrons. The van der Waals surface area contributed by atoms with Gasteiger partial charge in [0.15, 0.2) is 0 Å². The molecule has 2 rings (SSSR count). The Balaban J connectivity index is 2.28. The van der Waals surface area contributed by atoms with Crippen LogP contribution < -0.4 is 10.1 Å². The SMILES string of the molecule is CC(C)Oc1ccc(C(=O)Nc2c(C(C)C)cccc2C(C)C)cc1. The number of benzene rings is 2. The first-order valence-electron chi connectivity index (χ1n) is 9.00. The Kier molecular flexibility index (Phi) is 6.24. The van der Waals surface area contributed by atoms with E-state index in [0.29, 0.717) is 17.4 Å². The third-order valence-electron chi connectivity index (χ3n) is 4.10. The summed E-state index contributed by atoms with van der Waals surface area (Å²) in [6.07, 6.45) is 0.117. The lowest BCUT2D eigenvalue weighted by atomic mass is 9.92. The van der Waals surface area contributed by atoms with Crippen LogP contribution in [0.3, 0.4) is 0 Å². The highest BCUT2D eigenvalue weighted by Gasteiger charge is 2.16. The summed E-state index contributed by atoms with van der Waals surface area (Å²) in [5.41, 5.74) is 3.91. The Hall–Kier alpha value is -2.29. The van der Waals surface area contributed by atoms with Crippen molar-refractivity contribution in [1.29, 1.82) is 0 Å². The van der Waals surface area contributed by atoms with Gasteiger partial charge in [0.2, 0.25) is 0 Å². The molecule has 134 valence electrons. The molecule has 0 saturated carbocycles. The quantitative estimate of drug-likeness (QED) is 0.704. The Morgan fingerprint density at radius 1 is 0.840 bits per heavy atom. The van der Waals surface area contributed by atoms with Crippen LogP contribution >= 0.6 is 0 Å². The van der Waals surface area contributed by atoms with Crippen LogP contribution in [0.15, 0.2) is 42.5 Å². The van der Waals surface area contributed by atoms with Gasteiger partial charge in [-0.25, -0.2) is 0 Å². The van der Waals surface area contributed by atoms with E-state index in [4.69, 9.17) is 4.74 Å². The molecule has 2 aromatic carbocycles. The van der Waals surface area contributed by atoms with Crippen molar-refractivity contribution in [2.24, 2.45) is 0 Å². The summed E-state index contributed by atoms with van der Waals surface area (Å²) in [5.74, 6) is 1.37. The maximum Gasteiger partial charge on any atom is 0.255 e. The van der Waals surface area contributed by atoms with Crippen LogP contribution in [-0.2, 0) is 0 Å². The minimum atomic E-state index is -0.0916. The van der Waals surface area contributed by atoms with Crippen LogP contribution in [0.2, 0.25) is 0 Å². The second-order valence-corrected chi connectivity index (χ2v) is 7.27. The zero-order valence-corrected chi connectivity index (χ0v) is 16.1. The number of carbonyl (C=O) groups excluding carboxylic acids is 1. The van der Waals surface area contributed by atoms with Gasteiger partial charge >= 0.3 is 0 Å². The summed E-state index contributed by atoms with van der Waals surface area (Å²) in [5, 5.41) is 3.14. The average Bonchev–Trinajstić information content (AvgIpc) is 2.54. The third kappa shape index (κ3) is 4.85. The van der Waals surface area contributed by atoms with Gasteiger partial charge in [0.25, 0.3) is 5.91 Å². The van der Waals surface area contributed by atoms with Gasteiger partial charge < -0.3 is 10.1 Å². The Bertz CT molecular complexity index is 689. The maximum atomic E-state index is 12.7. The third-order valence-corrected chi connectivity index (χ3v) is 4.10. The highest BCUT2D eigenvalue weighted by Crippen LogP contribution is 2.32. The predicted octanol–water partition coefficient (Wildman–Crippen LogP) is 5.97. The first-order chi connectivity index (χ1) is 11.8. The molecular formula is C22H29NO2. The standard InChI is InChI=1S/C22H29NO2/c1-14(2)19-8-7-9-20(15(3)4)21(19)23-22(24)17-10-12-18(13-11-17)25-16(5)6/h7-16H,1-6H3,(H,23,24). The van der Waals surface area contributed by atoms with Crippen LogP contribution in [-0.4, -0.2) is 12.0 Å². The first kappa shape index (κ1) is 19.0. The van der Waals surface area contributed by atoms with E-state index >= 15 is 0 Å². The molecule has 0 unspecified atom stereocenters. The maximum absolute atomic E-state index is 12.7. The highest BCUT2D eigenvalue weighted by atomic mass is 16.5. The second-order valence-electron chi connectivity index (χ2n) is 7.27. The fourth-order valence-electron chi connectivity index (χ4n) is 2.84. The fourth-order valence-corrected chi connectivity index (χ4v) is 2.84. The molecule has 25 heavy (non-hydrogen) atoms. The van der Waals surface area contributed by atoms with Crippen molar-refractivity contribution < 1.29 is 9.53 Å². The minimum Gasteiger partial charge on any atom is -0.491 e. The molecule has 2 aromatic rings. The molecule has 0 aliphatic heterocycles. The fraction of sp³-hybridized carbons (Fsp3) is 0.409. The predicted molar refractivity (Wildman–Crippen MR) is 105 cm³/mol. The van der Waals surface area contributed by atoms with Crippen molar-refractivity contribution in [3.63, 3.8) is 0 Å². The summed E-state index contributed by atoms with van der Waals surface area (Å²) < 4.78 is 5.64. The Morgan fingerprint density at radius 2 is 1.36 bits per heavy atom. The zero-order chi connectivity index (χ0) is 18.6. The second kappa shape index (κ2) is 8.19. The molecule has 0 atom stereocenters. The van der Waals surface area contributed by atoms with Crippen LogP contribution in [0, 0.1) is 0 Å². The number of rotatable bonds is 6. The van der Waals surface area contributed by atoms with E-state index < -0.39 is 0 Å². The zero-order valence-electron chi connectivity index (χ0n) is 16.1. The molecular weight excluding hydrogens is 310 g/mol. The molecule has 0 heterocycles. The smallest absolute Gasteiger partial charge is 0.255 e. The molecule has 3 nitrogen and oxygen atoms in total. The molecule has 0 saturated heterocycles. The van der Waals surface area contributed by atoms with Gasteiger partial charge in [-0.3, -0.25) is 4.79 Å². The van der Waals surface area contributed by atoms with Crippen molar-refractivity contribution in [3.8, 4) is 5.75 Å². The highest BCUT2D eigenvalue weighted by molar-refractivity contribution is 6.05. The molecule has 1 amide bonds. The number of nitrogens with one attached hydrogen (secondary N) is 1. The summed E-state index contributed by atoms with van der Waals surface area (Å²) in [7, 11) is 0. The Morgan fingerprint density at radius 3 is 1.80 bits per heavy atom. The molecule has 0 bridgehead atoms. The van der Waals surface area contributed by atoms with Crippen molar-refractivity contribution in [3.05, 3.63) is 59.2 Å². The number of hydrogen-bond donors (Lipinski definition) is 1. The molecule has 0 spiro atoms. The van der Waals surface area contributed by atoms with Gasteiger partial charge in [-0.2, -0.15) is 0 Å². The van der Waals surface area contributed by atoms with E-state index in [1.54, 1.807) is 12.1 Å². The van der Waals surface area contributed by atoms with Crippen molar-refractivity contribution in [2.45, 2.75) is 59.5 Å². The lowest BCUT2D eigenvalue weighted by Crippen LogP contribution is -2.16. The number of hydrogen-bond acceptors (Lipinski definition) is 2. The van der Waals surface area contributed by atoms with Crippen molar-refractivity contribution in [2.75, 3.05) is 5.32 Å². The van der Waals surface area contributed by atoms with E-state index in [1.165, 1.54) is 11.1 Å². The van der Waals surface area contributed by atoms with Gasteiger partial charge in [-0.05, 0) is 61.1 Å². The lowest BCUT2D eigenvalue weighted by Gasteiger charge is -2.20. The van der Waals surface area contributed by atoms with E-state index in [2.05, 4.69) is 51.2 Å². The molecule has 0 aromatic heterocycles. The topological polar surface area (TPSA) is 38.3 Å². The van der Waals surface area contributed by atoms with Crippen LogP contribution in [0.25, 0.3) is 0 Å². The largest absolute Gasteiger partial charge is 0.491 e. The van der Waals surface area contributed by atoms with Crippen LogP contribution in [0.1, 0.15) is 74.9 Å². The summed E-state index contributed by atoms with van der Waals surface area (Å²) >= 11 is 0. The van der Waals surface area contributed by atoms with Gasteiger partial charge in [0.05, 0.1) is 6.10 Å². The number of amides is 1. The monoisotopic (exact) mass is 339 g/mol. The van der Waals surface area contributed by atoms with E-state index in [9.17, 15) is 4.79 Å². The van der Waals surface area contributed by atoms with Crippen LogP contribution in [0.5, 0.6) is 5.75 Å². The molecule has 0 aliphatic carbocycles. The molecule has 1 N–H and O–H groups in total. The van der Waals surface area contributed by atoms with E-state index in [0.717, 1.165) is 11.4 Å². The Labute approximate surface area is 151 Å². The number of para-hydroxylation sites is 1. The van der Waals surface area contributed by atoms with Crippen molar-refractivity contribution >= 4 is 11.6 Å². The van der Waals surface area contributed by atoms with E-state index in [1.807, 2.05) is 26.0 Å². The number of ether oxygens (including phenoxy) is 1. The van der Waals surface area contributed by atoms with Gasteiger partial charge in [-0.1, -0.05) is 45.9 Å². The number of anilines is 1. The minimum absolute atomic E-state index is 0.0916. The van der Waals surface area contributed by atoms with Crippen LogP contribution in [0.4, 0.5) is 5.69 Å². The molecule has 0 fully saturated rings. The number of carbonyl (C=O) groups is 1. The molecule has 3 heteroatoms. The van der Waals surface area contributed by atoms with E-state index in [-0.39, 0.29) is 12.0 Å². The normalized spacial score (nSPS) is 11.2. The summed E-state index contributed by atoms with van der Waals surface area (Å²) in [4.78, 5) is 12.7. The van der Waals surface area contributed by atoms with Crippen molar-refractivity contribution in [1.82, 2.24) is 0 Å². The average molecular weight is 339 g/mol.